The van der Waals surface area contributed by atoms with E-state index in [1.165, 1.54) is 4.90 Å². The number of nitrogens with zero attached hydrogens (tertiary/aromatic N) is 1. The number of benzene rings is 2. The fourth-order valence-electron chi connectivity index (χ4n) is 2.04. The molecule has 0 fully saturated rings. The quantitative estimate of drug-likeness (QED) is 0.798. The third-order valence-electron chi connectivity index (χ3n) is 3.11. The molecule has 0 atom stereocenters. The number of carbonyl (C=O) groups excluding carboxylic acids is 1. The van der Waals surface area contributed by atoms with Crippen LogP contribution in [0.3, 0.4) is 0 Å². The molecule has 0 aliphatic heterocycles. The molecule has 2 aromatic carbocycles. The van der Waals surface area contributed by atoms with Crippen molar-refractivity contribution in [3.8, 4) is 0 Å². The minimum absolute atomic E-state index is 0.264. The number of halogens is 3. The van der Waals surface area contributed by atoms with Crippen molar-refractivity contribution < 1.29 is 13.6 Å². The zero-order chi connectivity index (χ0) is 15.4. The molecule has 1 amide bonds. The molecule has 0 unspecified atom stereocenters. The number of hydrogen-bond donors (Lipinski definition) is 0. The van der Waals surface area contributed by atoms with Crippen molar-refractivity contribution in [2.75, 3.05) is 6.54 Å². The maximum Gasteiger partial charge on any atom is 0.260 e. The van der Waals surface area contributed by atoms with Gasteiger partial charge < -0.3 is 4.90 Å². The lowest BCUT2D eigenvalue weighted by Crippen LogP contribution is -2.31. The van der Waals surface area contributed by atoms with E-state index in [2.05, 4.69) is 15.9 Å². The van der Waals surface area contributed by atoms with Crippen LogP contribution in [0.2, 0.25) is 0 Å². The van der Waals surface area contributed by atoms with Crippen LogP contribution < -0.4 is 0 Å². The van der Waals surface area contributed by atoms with Crippen LogP contribution in [0.4, 0.5) is 8.78 Å². The van der Waals surface area contributed by atoms with Crippen molar-refractivity contribution in [1.82, 2.24) is 4.90 Å². The summed E-state index contributed by atoms with van der Waals surface area (Å²) in [7, 11) is 0. The van der Waals surface area contributed by atoms with Crippen LogP contribution in [0.1, 0.15) is 22.8 Å². The Hall–Kier alpha value is -1.75. The van der Waals surface area contributed by atoms with E-state index in [0.29, 0.717) is 13.1 Å². The van der Waals surface area contributed by atoms with E-state index in [1.54, 1.807) is 6.92 Å². The van der Waals surface area contributed by atoms with Crippen molar-refractivity contribution in [3.63, 3.8) is 0 Å². The summed E-state index contributed by atoms with van der Waals surface area (Å²) in [5.41, 5.74) is 0.390. The third kappa shape index (κ3) is 3.67. The van der Waals surface area contributed by atoms with Gasteiger partial charge in [0.05, 0.1) is 0 Å². The summed E-state index contributed by atoms with van der Waals surface area (Å²) in [5, 5.41) is 0. The van der Waals surface area contributed by atoms with Crippen molar-refractivity contribution in [2.24, 2.45) is 0 Å². The molecule has 0 aliphatic carbocycles. The van der Waals surface area contributed by atoms with Gasteiger partial charge in [0.15, 0.2) is 0 Å². The Morgan fingerprint density at radius 2 is 1.71 bits per heavy atom. The van der Waals surface area contributed by atoms with E-state index in [-0.39, 0.29) is 4.47 Å². The Kier molecular flexibility index (Phi) is 5.07. The number of carbonyl (C=O) groups is 1. The first-order valence-electron chi connectivity index (χ1n) is 6.50. The number of amides is 1. The van der Waals surface area contributed by atoms with Gasteiger partial charge in [0.2, 0.25) is 0 Å². The van der Waals surface area contributed by atoms with Gasteiger partial charge in [0.1, 0.15) is 17.2 Å². The van der Waals surface area contributed by atoms with Gasteiger partial charge >= 0.3 is 0 Å². The second kappa shape index (κ2) is 6.80. The Morgan fingerprint density at radius 1 is 1.14 bits per heavy atom. The first-order chi connectivity index (χ1) is 10.0. The molecule has 2 nitrogen and oxygen atoms in total. The Labute approximate surface area is 130 Å². The van der Waals surface area contributed by atoms with E-state index in [4.69, 9.17) is 0 Å². The molecular formula is C16H14BrF2NO. The van der Waals surface area contributed by atoms with Crippen LogP contribution in [0.5, 0.6) is 0 Å². The standard InChI is InChI=1S/C16H14BrF2NO/c1-2-20(10-11-6-4-3-5-7-11)16(21)15-13(18)8-12(17)9-14(15)19/h3-9H,2,10H2,1H3. The van der Waals surface area contributed by atoms with E-state index in [9.17, 15) is 13.6 Å². The zero-order valence-corrected chi connectivity index (χ0v) is 13.0. The molecule has 0 saturated carbocycles. The van der Waals surface area contributed by atoms with Gasteiger partial charge in [0, 0.05) is 17.6 Å². The molecule has 2 aromatic rings. The molecule has 0 aliphatic rings. The second-order valence-electron chi connectivity index (χ2n) is 4.55. The van der Waals surface area contributed by atoms with Crippen molar-refractivity contribution in [1.29, 1.82) is 0 Å². The summed E-state index contributed by atoms with van der Waals surface area (Å²) in [5.74, 6) is -2.37. The summed E-state index contributed by atoms with van der Waals surface area (Å²) in [6.07, 6.45) is 0. The molecule has 0 heterocycles. The average molecular weight is 354 g/mol. The van der Waals surface area contributed by atoms with Gasteiger partial charge in [0.25, 0.3) is 5.91 Å². The van der Waals surface area contributed by atoms with Gasteiger partial charge in [-0.2, -0.15) is 0 Å². The predicted octanol–water partition coefficient (Wildman–Crippen LogP) is 4.39. The van der Waals surface area contributed by atoms with Crippen LogP contribution in [-0.2, 0) is 6.54 Å². The van der Waals surface area contributed by atoms with E-state index in [0.717, 1.165) is 17.7 Å². The van der Waals surface area contributed by atoms with Gasteiger partial charge in [-0.15, -0.1) is 0 Å². The van der Waals surface area contributed by atoms with E-state index >= 15 is 0 Å². The van der Waals surface area contributed by atoms with Crippen LogP contribution in [0, 0.1) is 11.6 Å². The number of rotatable bonds is 4. The summed E-state index contributed by atoms with van der Waals surface area (Å²) >= 11 is 3.00. The highest BCUT2D eigenvalue weighted by atomic mass is 79.9. The lowest BCUT2D eigenvalue weighted by Gasteiger charge is -2.21. The SMILES string of the molecule is CCN(Cc1ccccc1)C(=O)c1c(F)cc(Br)cc1F. The Bertz CT molecular complexity index is 623. The van der Waals surface area contributed by atoms with Crippen molar-refractivity contribution in [3.05, 3.63) is 69.7 Å². The molecule has 0 bridgehead atoms. The highest BCUT2D eigenvalue weighted by Gasteiger charge is 2.23. The minimum Gasteiger partial charge on any atom is -0.334 e. The molecule has 0 spiro atoms. The highest BCUT2D eigenvalue weighted by molar-refractivity contribution is 9.10. The van der Waals surface area contributed by atoms with Crippen LogP contribution in [0.25, 0.3) is 0 Å². The fraction of sp³-hybridized carbons (Fsp3) is 0.188. The van der Waals surface area contributed by atoms with E-state index < -0.39 is 23.1 Å². The molecule has 0 aromatic heterocycles. The first-order valence-corrected chi connectivity index (χ1v) is 7.30. The van der Waals surface area contributed by atoms with Crippen LogP contribution in [-0.4, -0.2) is 17.4 Å². The average Bonchev–Trinajstić information content (AvgIpc) is 2.44. The van der Waals surface area contributed by atoms with Crippen molar-refractivity contribution >= 4 is 21.8 Å². The maximum atomic E-state index is 13.9. The molecular weight excluding hydrogens is 340 g/mol. The fourth-order valence-corrected chi connectivity index (χ4v) is 2.44. The summed E-state index contributed by atoms with van der Waals surface area (Å²) in [6, 6.07) is 11.5. The molecule has 5 heteroatoms. The molecule has 110 valence electrons. The lowest BCUT2D eigenvalue weighted by molar-refractivity contribution is 0.0742. The summed E-state index contributed by atoms with van der Waals surface area (Å²) < 4.78 is 28.0. The van der Waals surface area contributed by atoms with Crippen LogP contribution in [0.15, 0.2) is 46.9 Å². The van der Waals surface area contributed by atoms with Crippen LogP contribution >= 0.6 is 15.9 Å². The van der Waals surface area contributed by atoms with Gasteiger partial charge in [-0.05, 0) is 24.6 Å². The molecule has 0 radical (unpaired) electrons. The Morgan fingerprint density at radius 3 is 2.24 bits per heavy atom. The summed E-state index contributed by atoms with van der Waals surface area (Å²) in [6.45, 7) is 2.45. The highest BCUT2D eigenvalue weighted by Crippen LogP contribution is 2.21. The minimum atomic E-state index is -0.863. The topological polar surface area (TPSA) is 20.3 Å². The molecule has 21 heavy (non-hydrogen) atoms. The maximum absolute atomic E-state index is 13.9. The van der Waals surface area contributed by atoms with Gasteiger partial charge in [-0.1, -0.05) is 46.3 Å². The van der Waals surface area contributed by atoms with E-state index in [1.807, 2.05) is 30.3 Å². The molecule has 0 N–H and O–H groups in total. The molecule has 2 rings (SSSR count). The first kappa shape index (κ1) is 15.6. The number of hydrogen-bond acceptors (Lipinski definition) is 1. The third-order valence-corrected chi connectivity index (χ3v) is 3.56. The van der Waals surface area contributed by atoms with Gasteiger partial charge in [-0.25, -0.2) is 8.78 Å². The summed E-state index contributed by atoms with van der Waals surface area (Å²) in [4.78, 5) is 13.8. The molecule has 0 saturated heterocycles. The predicted molar refractivity (Wildman–Crippen MR) is 80.9 cm³/mol. The largest absolute Gasteiger partial charge is 0.334 e. The smallest absolute Gasteiger partial charge is 0.260 e. The monoisotopic (exact) mass is 353 g/mol. The Balaban J connectivity index is 2.29. The zero-order valence-electron chi connectivity index (χ0n) is 11.4. The normalized spacial score (nSPS) is 10.5. The van der Waals surface area contributed by atoms with Gasteiger partial charge in [-0.3, -0.25) is 4.79 Å². The second-order valence-corrected chi connectivity index (χ2v) is 5.47. The lowest BCUT2D eigenvalue weighted by atomic mass is 10.1. The van der Waals surface area contributed by atoms with Crippen molar-refractivity contribution in [2.45, 2.75) is 13.5 Å².